The maximum atomic E-state index is 12.3. The highest BCUT2D eigenvalue weighted by Gasteiger charge is 2.05. The van der Waals surface area contributed by atoms with Crippen LogP contribution in [0.5, 0.6) is 0 Å². The maximum absolute atomic E-state index is 12.3. The first-order chi connectivity index (χ1) is 8.38. The van der Waals surface area contributed by atoms with Crippen molar-refractivity contribution in [1.82, 2.24) is 0 Å². The lowest BCUT2D eigenvalue weighted by Crippen LogP contribution is -2.11. The molecule has 2 bridgehead atoms. The molecule has 0 unspecified atom stereocenters. The number of fused-ring (bicyclic) bond motifs is 2. The van der Waals surface area contributed by atoms with Crippen molar-refractivity contribution in [2.45, 2.75) is 57.8 Å². The third-order valence-corrected chi connectivity index (χ3v) is 3.68. The minimum atomic E-state index is 0.301. The average Bonchev–Trinajstić information content (AvgIpc) is 2.50. The Labute approximate surface area is 104 Å². The van der Waals surface area contributed by atoms with Crippen LogP contribution in [0.3, 0.4) is 0 Å². The molecular formula is C16H22O. The maximum Gasteiger partial charge on any atom is 0.184 e. The largest absolute Gasteiger partial charge is 0.289 e. The molecule has 1 aliphatic rings. The Morgan fingerprint density at radius 2 is 1.06 bits per heavy atom. The van der Waals surface area contributed by atoms with Gasteiger partial charge in [-0.3, -0.25) is 4.79 Å². The van der Waals surface area contributed by atoms with Gasteiger partial charge in [0.25, 0.3) is 0 Å². The van der Waals surface area contributed by atoms with Gasteiger partial charge in [0, 0.05) is 0 Å². The van der Waals surface area contributed by atoms with Gasteiger partial charge in [-0.15, -0.1) is 0 Å². The van der Waals surface area contributed by atoms with Crippen LogP contribution in [0.15, 0.2) is 29.1 Å². The first kappa shape index (κ1) is 12.3. The summed E-state index contributed by atoms with van der Waals surface area (Å²) in [6.07, 6.45) is 10.8. The lowest BCUT2D eigenvalue weighted by atomic mass is 10.00. The molecule has 0 spiro atoms. The number of hydrogen-bond donors (Lipinski definition) is 0. The van der Waals surface area contributed by atoms with E-state index in [-0.39, 0.29) is 0 Å². The fourth-order valence-electron chi connectivity index (χ4n) is 2.61. The number of rotatable bonds is 0. The summed E-state index contributed by atoms with van der Waals surface area (Å²) in [4.78, 5) is 12.3. The monoisotopic (exact) mass is 230 g/mol. The minimum absolute atomic E-state index is 0.301. The van der Waals surface area contributed by atoms with Crippen molar-refractivity contribution in [2.24, 2.45) is 0 Å². The molecule has 0 saturated carbocycles. The Morgan fingerprint density at radius 1 is 0.647 bits per heavy atom. The summed E-state index contributed by atoms with van der Waals surface area (Å²) in [5.41, 5.74) is 2.34. The second-order valence-corrected chi connectivity index (χ2v) is 5.07. The van der Waals surface area contributed by atoms with Crippen LogP contribution in [-0.2, 0) is 12.8 Å². The third-order valence-electron chi connectivity index (χ3n) is 3.68. The fraction of sp³-hybridized carbons (Fsp3) is 0.562. The van der Waals surface area contributed by atoms with Crippen LogP contribution in [0.25, 0.3) is 0 Å². The van der Waals surface area contributed by atoms with E-state index in [0.717, 1.165) is 24.0 Å². The van der Waals surface area contributed by atoms with Crippen LogP contribution in [0, 0.1) is 0 Å². The molecule has 1 nitrogen and oxygen atoms in total. The first-order valence-electron chi connectivity index (χ1n) is 6.99. The van der Waals surface area contributed by atoms with Crippen molar-refractivity contribution < 1.29 is 0 Å². The summed E-state index contributed by atoms with van der Waals surface area (Å²) in [6.45, 7) is 0. The molecule has 0 amide bonds. The zero-order valence-corrected chi connectivity index (χ0v) is 10.6. The van der Waals surface area contributed by atoms with Crippen molar-refractivity contribution in [3.8, 4) is 0 Å². The topological polar surface area (TPSA) is 17.1 Å². The normalized spacial score (nSPS) is 17.9. The summed E-state index contributed by atoms with van der Waals surface area (Å²) in [5.74, 6) is 0. The van der Waals surface area contributed by atoms with Crippen LogP contribution in [0.4, 0.5) is 0 Å². The molecule has 1 aliphatic carbocycles. The molecule has 17 heavy (non-hydrogen) atoms. The van der Waals surface area contributed by atoms with Gasteiger partial charge in [-0.1, -0.05) is 56.4 Å². The molecule has 0 saturated heterocycles. The zero-order valence-electron chi connectivity index (χ0n) is 10.6. The summed E-state index contributed by atoms with van der Waals surface area (Å²) < 4.78 is 0. The molecule has 1 aromatic rings. The van der Waals surface area contributed by atoms with Gasteiger partial charge in [0.2, 0.25) is 0 Å². The van der Waals surface area contributed by atoms with E-state index in [1.54, 1.807) is 0 Å². The Morgan fingerprint density at radius 3 is 1.53 bits per heavy atom. The molecule has 0 atom stereocenters. The molecule has 0 radical (unpaired) electrons. The molecule has 0 N–H and O–H groups in total. The molecule has 2 rings (SSSR count). The summed E-state index contributed by atoms with van der Waals surface area (Å²) in [5, 5.41) is 0. The van der Waals surface area contributed by atoms with E-state index >= 15 is 0 Å². The first-order valence-corrected chi connectivity index (χ1v) is 6.99. The SMILES string of the molecule is O=c1c2ccccc1CCCCCCCCC2. The van der Waals surface area contributed by atoms with Gasteiger partial charge in [0.15, 0.2) is 5.43 Å². The number of aryl methyl sites for hydroxylation is 2. The Hall–Kier alpha value is -1.11. The minimum Gasteiger partial charge on any atom is -0.289 e. The Bertz CT molecular complexity index is 373. The van der Waals surface area contributed by atoms with Crippen LogP contribution in [0.2, 0.25) is 0 Å². The van der Waals surface area contributed by atoms with Crippen LogP contribution in [0.1, 0.15) is 56.1 Å². The van der Waals surface area contributed by atoms with Gasteiger partial charge < -0.3 is 0 Å². The molecule has 0 heterocycles. The molecule has 1 heteroatoms. The highest BCUT2D eigenvalue weighted by atomic mass is 16.1. The van der Waals surface area contributed by atoms with Crippen molar-refractivity contribution in [1.29, 1.82) is 0 Å². The summed E-state index contributed by atoms with van der Waals surface area (Å²) in [7, 11) is 0. The lowest BCUT2D eigenvalue weighted by Gasteiger charge is -2.05. The third kappa shape index (κ3) is 3.69. The second-order valence-electron chi connectivity index (χ2n) is 5.07. The van der Waals surface area contributed by atoms with E-state index in [1.165, 1.54) is 44.9 Å². The van der Waals surface area contributed by atoms with E-state index in [0.29, 0.717) is 5.43 Å². The van der Waals surface area contributed by atoms with E-state index in [1.807, 2.05) is 24.3 Å². The van der Waals surface area contributed by atoms with E-state index in [9.17, 15) is 4.79 Å². The quantitative estimate of drug-likeness (QED) is 0.661. The van der Waals surface area contributed by atoms with Gasteiger partial charge in [-0.25, -0.2) is 0 Å². The molecule has 92 valence electrons. The molecule has 0 aromatic heterocycles. The second kappa shape index (κ2) is 6.58. The Balaban J connectivity index is 2.24. The lowest BCUT2D eigenvalue weighted by molar-refractivity contribution is 0.575. The predicted molar refractivity (Wildman–Crippen MR) is 72.4 cm³/mol. The van der Waals surface area contributed by atoms with E-state index in [4.69, 9.17) is 0 Å². The average molecular weight is 230 g/mol. The van der Waals surface area contributed by atoms with Crippen molar-refractivity contribution >= 4 is 0 Å². The van der Waals surface area contributed by atoms with Gasteiger partial charge in [-0.2, -0.15) is 0 Å². The summed E-state index contributed by atoms with van der Waals surface area (Å²) in [6, 6.07) is 8.05. The Kier molecular flexibility index (Phi) is 4.78. The highest BCUT2D eigenvalue weighted by molar-refractivity contribution is 5.22. The molecule has 0 fully saturated rings. The van der Waals surface area contributed by atoms with Crippen molar-refractivity contribution in [3.05, 3.63) is 45.6 Å². The molecule has 1 aromatic carbocycles. The standard InChI is InChI=1S/C16H22O/c17-16-14-10-6-4-2-1-3-5-7-11-15(16)13-9-8-12-14/h8-9,12-13H,1-7,10-11H2. The van der Waals surface area contributed by atoms with Crippen LogP contribution in [-0.4, -0.2) is 0 Å². The highest BCUT2D eigenvalue weighted by Crippen LogP contribution is 2.12. The van der Waals surface area contributed by atoms with Gasteiger partial charge in [0.05, 0.1) is 0 Å². The predicted octanol–water partition coefficient (Wildman–Crippen LogP) is 3.88. The smallest absolute Gasteiger partial charge is 0.184 e. The van der Waals surface area contributed by atoms with E-state index in [2.05, 4.69) is 0 Å². The van der Waals surface area contributed by atoms with Crippen LogP contribution < -0.4 is 5.43 Å². The van der Waals surface area contributed by atoms with Gasteiger partial charge in [0.1, 0.15) is 0 Å². The molecule has 0 aliphatic heterocycles. The van der Waals surface area contributed by atoms with Crippen LogP contribution >= 0.6 is 0 Å². The zero-order chi connectivity index (χ0) is 11.9. The van der Waals surface area contributed by atoms with Gasteiger partial charge >= 0.3 is 0 Å². The van der Waals surface area contributed by atoms with Crippen molar-refractivity contribution in [3.63, 3.8) is 0 Å². The van der Waals surface area contributed by atoms with Crippen molar-refractivity contribution in [2.75, 3.05) is 0 Å². The summed E-state index contributed by atoms with van der Waals surface area (Å²) >= 11 is 0. The molecular weight excluding hydrogens is 208 g/mol. The van der Waals surface area contributed by atoms with E-state index < -0.39 is 0 Å². The fourth-order valence-corrected chi connectivity index (χ4v) is 2.61. The number of hydrogen-bond acceptors (Lipinski definition) is 1. The van der Waals surface area contributed by atoms with Gasteiger partial charge in [-0.05, 0) is 36.8 Å².